The third kappa shape index (κ3) is 2.42. The highest BCUT2D eigenvalue weighted by atomic mass is 15.3. The van der Waals surface area contributed by atoms with Gasteiger partial charge in [-0.3, -0.25) is 0 Å². The molecular weight excluding hydrogens is 260 g/mol. The SMILES string of the molecule is N#Cc1cccc(-n2ncc(CN)c2-c2ccccc2)c1. The second-order valence-corrected chi connectivity index (χ2v) is 4.66. The summed E-state index contributed by atoms with van der Waals surface area (Å²) in [7, 11) is 0. The molecule has 4 heteroatoms. The van der Waals surface area contributed by atoms with Gasteiger partial charge < -0.3 is 5.73 Å². The average molecular weight is 274 g/mol. The van der Waals surface area contributed by atoms with E-state index in [0.29, 0.717) is 12.1 Å². The first-order valence-corrected chi connectivity index (χ1v) is 6.66. The van der Waals surface area contributed by atoms with Crippen LogP contribution in [0.25, 0.3) is 16.9 Å². The zero-order valence-corrected chi connectivity index (χ0v) is 11.4. The third-order valence-electron chi connectivity index (χ3n) is 3.33. The van der Waals surface area contributed by atoms with Gasteiger partial charge in [-0.2, -0.15) is 10.4 Å². The Morgan fingerprint density at radius 1 is 1.10 bits per heavy atom. The molecule has 0 unspecified atom stereocenters. The van der Waals surface area contributed by atoms with Gasteiger partial charge in [0.15, 0.2) is 0 Å². The second-order valence-electron chi connectivity index (χ2n) is 4.66. The Morgan fingerprint density at radius 2 is 1.90 bits per heavy atom. The predicted octanol–water partition coefficient (Wildman–Crippen LogP) is 2.87. The van der Waals surface area contributed by atoms with Crippen molar-refractivity contribution < 1.29 is 0 Å². The van der Waals surface area contributed by atoms with Crippen molar-refractivity contribution in [2.75, 3.05) is 0 Å². The smallest absolute Gasteiger partial charge is 0.0992 e. The van der Waals surface area contributed by atoms with Crippen molar-refractivity contribution in [2.24, 2.45) is 5.73 Å². The number of hydrogen-bond donors (Lipinski definition) is 1. The van der Waals surface area contributed by atoms with Gasteiger partial charge in [0, 0.05) is 17.7 Å². The molecule has 2 aromatic carbocycles. The van der Waals surface area contributed by atoms with Crippen LogP contribution in [0.15, 0.2) is 60.8 Å². The van der Waals surface area contributed by atoms with E-state index in [1.165, 1.54) is 0 Å². The summed E-state index contributed by atoms with van der Waals surface area (Å²) in [6, 6.07) is 19.5. The minimum Gasteiger partial charge on any atom is -0.326 e. The van der Waals surface area contributed by atoms with Crippen LogP contribution < -0.4 is 5.73 Å². The normalized spacial score (nSPS) is 10.3. The molecule has 0 radical (unpaired) electrons. The van der Waals surface area contributed by atoms with E-state index in [1.807, 2.05) is 53.2 Å². The summed E-state index contributed by atoms with van der Waals surface area (Å²) in [4.78, 5) is 0. The molecule has 3 rings (SSSR count). The maximum atomic E-state index is 9.05. The van der Waals surface area contributed by atoms with Crippen LogP contribution in [-0.2, 0) is 6.54 Å². The van der Waals surface area contributed by atoms with Crippen LogP contribution in [0.2, 0.25) is 0 Å². The molecule has 0 aliphatic rings. The molecule has 2 N–H and O–H groups in total. The van der Waals surface area contributed by atoms with Crippen molar-refractivity contribution in [3.05, 3.63) is 71.9 Å². The van der Waals surface area contributed by atoms with Crippen molar-refractivity contribution >= 4 is 0 Å². The molecule has 0 saturated carbocycles. The van der Waals surface area contributed by atoms with E-state index in [1.54, 1.807) is 12.3 Å². The van der Waals surface area contributed by atoms with E-state index in [9.17, 15) is 0 Å². The van der Waals surface area contributed by atoms with Crippen molar-refractivity contribution in [2.45, 2.75) is 6.54 Å². The van der Waals surface area contributed by atoms with Crippen molar-refractivity contribution in [3.8, 4) is 23.0 Å². The minimum atomic E-state index is 0.419. The van der Waals surface area contributed by atoms with Crippen LogP contribution in [0.5, 0.6) is 0 Å². The summed E-state index contributed by atoms with van der Waals surface area (Å²) in [5.74, 6) is 0. The van der Waals surface area contributed by atoms with E-state index in [4.69, 9.17) is 11.0 Å². The molecule has 1 heterocycles. The lowest BCUT2D eigenvalue weighted by molar-refractivity contribution is 0.887. The van der Waals surface area contributed by atoms with Crippen LogP contribution in [0.3, 0.4) is 0 Å². The van der Waals surface area contributed by atoms with Gasteiger partial charge in [-0.15, -0.1) is 0 Å². The molecule has 21 heavy (non-hydrogen) atoms. The van der Waals surface area contributed by atoms with Crippen LogP contribution in [0.1, 0.15) is 11.1 Å². The topological polar surface area (TPSA) is 67.6 Å². The monoisotopic (exact) mass is 274 g/mol. The Morgan fingerprint density at radius 3 is 2.62 bits per heavy atom. The van der Waals surface area contributed by atoms with Crippen LogP contribution in [0, 0.1) is 11.3 Å². The maximum Gasteiger partial charge on any atom is 0.0992 e. The van der Waals surface area contributed by atoms with Gasteiger partial charge in [-0.1, -0.05) is 36.4 Å². The van der Waals surface area contributed by atoms with Gasteiger partial charge in [-0.25, -0.2) is 4.68 Å². The Hall–Kier alpha value is -2.90. The van der Waals surface area contributed by atoms with Crippen molar-refractivity contribution in [3.63, 3.8) is 0 Å². The molecule has 0 amide bonds. The fourth-order valence-electron chi connectivity index (χ4n) is 2.34. The molecular formula is C17H14N4. The molecule has 4 nitrogen and oxygen atoms in total. The molecule has 0 fully saturated rings. The number of nitriles is 1. The maximum absolute atomic E-state index is 9.05. The highest BCUT2D eigenvalue weighted by Crippen LogP contribution is 2.26. The zero-order valence-electron chi connectivity index (χ0n) is 11.4. The molecule has 3 aromatic rings. The molecule has 102 valence electrons. The highest BCUT2D eigenvalue weighted by Gasteiger charge is 2.13. The van der Waals surface area contributed by atoms with Crippen LogP contribution in [-0.4, -0.2) is 9.78 Å². The van der Waals surface area contributed by atoms with Gasteiger partial charge in [0.1, 0.15) is 0 Å². The van der Waals surface area contributed by atoms with Crippen LogP contribution >= 0.6 is 0 Å². The van der Waals surface area contributed by atoms with E-state index >= 15 is 0 Å². The van der Waals surface area contributed by atoms with E-state index in [-0.39, 0.29) is 0 Å². The van der Waals surface area contributed by atoms with Gasteiger partial charge in [-0.05, 0) is 18.2 Å². The first-order chi connectivity index (χ1) is 10.3. The van der Waals surface area contributed by atoms with E-state index < -0.39 is 0 Å². The second kappa shape index (κ2) is 5.61. The molecule has 0 aliphatic carbocycles. The summed E-state index contributed by atoms with van der Waals surface area (Å²) in [6.45, 7) is 0.419. The first kappa shape index (κ1) is 13.1. The van der Waals surface area contributed by atoms with Crippen molar-refractivity contribution in [1.29, 1.82) is 5.26 Å². The summed E-state index contributed by atoms with van der Waals surface area (Å²) in [5, 5.41) is 13.5. The van der Waals surface area contributed by atoms with Gasteiger partial charge in [0.25, 0.3) is 0 Å². The average Bonchev–Trinajstić information content (AvgIpc) is 2.99. The molecule has 0 saturated heterocycles. The fourth-order valence-corrected chi connectivity index (χ4v) is 2.34. The highest BCUT2D eigenvalue weighted by molar-refractivity contribution is 5.66. The first-order valence-electron chi connectivity index (χ1n) is 6.66. The van der Waals surface area contributed by atoms with Crippen LogP contribution in [0.4, 0.5) is 0 Å². The fraction of sp³-hybridized carbons (Fsp3) is 0.0588. The van der Waals surface area contributed by atoms with E-state index in [2.05, 4.69) is 11.2 Å². The Bertz CT molecular complexity index is 797. The summed E-state index contributed by atoms with van der Waals surface area (Å²) in [5.41, 5.74) is 10.3. The lowest BCUT2D eigenvalue weighted by Crippen LogP contribution is -2.02. The summed E-state index contributed by atoms with van der Waals surface area (Å²) in [6.07, 6.45) is 1.78. The quantitative estimate of drug-likeness (QED) is 0.798. The molecule has 0 atom stereocenters. The van der Waals surface area contributed by atoms with Gasteiger partial charge in [0.05, 0.1) is 29.2 Å². The third-order valence-corrected chi connectivity index (χ3v) is 3.33. The van der Waals surface area contributed by atoms with Gasteiger partial charge >= 0.3 is 0 Å². The lowest BCUT2D eigenvalue weighted by Gasteiger charge is -2.09. The number of aromatic nitrogens is 2. The van der Waals surface area contributed by atoms with E-state index in [0.717, 1.165) is 22.5 Å². The number of benzene rings is 2. The zero-order chi connectivity index (χ0) is 14.7. The largest absolute Gasteiger partial charge is 0.326 e. The number of nitrogens with zero attached hydrogens (tertiary/aromatic N) is 3. The lowest BCUT2D eigenvalue weighted by atomic mass is 10.1. The Balaban J connectivity index is 2.20. The van der Waals surface area contributed by atoms with Crippen molar-refractivity contribution in [1.82, 2.24) is 9.78 Å². The number of nitrogens with two attached hydrogens (primary N) is 1. The Labute approximate surface area is 123 Å². The molecule has 0 bridgehead atoms. The summed E-state index contributed by atoms with van der Waals surface area (Å²) >= 11 is 0. The Kier molecular flexibility index (Phi) is 3.50. The number of rotatable bonds is 3. The summed E-state index contributed by atoms with van der Waals surface area (Å²) < 4.78 is 1.83. The standard InChI is InChI=1S/C17H14N4/c18-10-13-5-4-8-16(9-13)21-17(15(11-19)12-20-21)14-6-2-1-3-7-14/h1-9,12H,11,19H2. The predicted molar refractivity (Wildman–Crippen MR) is 81.6 cm³/mol. The minimum absolute atomic E-state index is 0.419. The molecule has 0 aliphatic heterocycles. The molecule has 1 aromatic heterocycles. The number of hydrogen-bond acceptors (Lipinski definition) is 3. The molecule has 0 spiro atoms. The van der Waals surface area contributed by atoms with Gasteiger partial charge in [0.2, 0.25) is 0 Å².